The van der Waals surface area contributed by atoms with E-state index in [-0.39, 0.29) is 0 Å². The lowest BCUT2D eigenvalue weighted by Gasteiger charge is -2.04. The number of hydrogen-bond donors (Lipinski definition) is 1. The molecule has 96 valence electrons. The second kappa shape index (κ2) is 6.72. The molecule has 2 heteroatoms. The molecule has 0 spiro atoms. The average molecular weight is 259 g/mol. The summed E-state index contributed by atoms with van der Waals surface area (Å²) in [6, 6.07) is 8.76. The van der Waals surface area contributed by atoms with E-state index in [1.165, 1.54) is 27.6 Å². The number of nitrogens with one attached hydrogen (secondary N) is 1. The first-order valence-electron chi connectivity index (χ1n) is 6.67. The van der Waals surface area contributed by atoms with E-state index < -0.39 is 0 Å². The minimum atomic E-state index is 1.07. The van der Waals surface area contributed by atoms with Gasteiger partial charge in [0.05, 0.1) is 0 Å². The van der Waals surface area contributed by atoms with Crippen molar-refractivity contribution in [1.82, 2.24) is 5.32 Å². The Hall–Kier alpha value is -1.12. The third-order valence-electron chi connectivity index (χ3n) is 3.10. The number of hydrogen-bond acceptors (Lipinski definition) is 2. The van der Waals surface area contributed by atoms with Gasteiger partial charge in [0.15, 0.2) is 0 Å². The molecule has 1 aromatic heterocycles. The zero-order valence-electron chi connectivity index (χ0n) is 11.2. The smallest absolute Gasteiger partial charge is 0.0417 e. The van der Waals surface area contributed by atoms with Crippen LogP contribution >= 0.6 is 11.3 Å². The van der Waals surface area contributed by atoms with Crippen LogP contribution in [0.25, 0.3) is 15.7 Å². The fourth-order valence-electron chi connectivity index (χ4n) is 2.11. The van der Waals surface area contributed by atoms with E-state index in [0.29, 0.717) is 0 Å². The highest BCUT2D eigenvalue weighted by Gasteiger charge is 2.03. The van der Waals surface area contributed by atoms with Gasteiger partial charge in [-0.15, -0.1) is 11.3 Å². The molecule has 0 aliphatic rings. The topological polar surface area (TPSA) is 12.0 Å². The summed E-state index contributed by atoms with van der Waals surface area (Å²) in [5.74, 6) is 0. The summed E-state index contributed by atoms with van der Waals surface area (Å²) in [4.78, 5) is 0. The Balaban J connectivity index is 2.06. The van der Waals surface area contributed by atoms with Crippen molar-refractivity contribution in [2.45, 2.75) is 26.7 Å². The summed E-state index contributed by atoms with van der Waals surface area (Å²) in [5, 5.41) is 6.96. The highest BCUT2D eigenvalue weighted by molar-refractivity contribution is 7.17. The fourth-order valence-corrected chi connectivity index (χ4v) is 3.08. The lowest BCUT2D eigenvalue weighted by molar-refractivity contribution is 0.678. The lowest BCUT2D eigenvalue weighted by Crippen LogP contribution is -2.15. The monoisotopic (exact) mass is 259 g/mol. The Labute approximate surface area is 114 Å². The number of fused-ring (bicyclic) bond motifs is 1. The van der Waals surface area contributed by atoms with Crippen LogP contribution in [0.4, 0.5) is 0 Å². The summed E-state index contributed by atoms with van der Waals surface area (Å²) < 4.78 is 1.41. The second-order valence-corrected chi connectivity index (χ2v) is 5.49. The van der Waals surface area contributed by atoms with Crippen LogP contribution in [0, 0.1) is 0 Å². The van der Waals surface area contributed by atoms with Gasteiger partial charge >= 0.3 is 0 Å². The molecule has 1 nitrogen and oxygen atoms in total. The molecule has 0 aliphatic heterocycles. The Morgan fingerprint density at radius 2 is 2.17 bits per heavy atom. The molecule has 0 fully saturated rings. The van der Waals surface area contributed by atoms with Crippen molar-refractivity contribution in [2.24, 2.45) is 0 Å². The molecule has 0 radical (unpaired) electrons. The van der Waals surface area contributed by atoms with Crippen molar-refractivity contribution in [2.75, 3.05) is 13.1 Å². The van der Waals surface area contributed by atoms with Crippen LogP contribution in [0.3, 0.4) is 0 Å². The molecular weight excluding hydrogens is 238 g/mol. The molecule has 0 saturated heterocycles. The van der Waals surface area contributed by atoms with Crippen LogP contribution < -0.4 is 5.32 Å². The van der Waals surface area contributed by atoms with Crippen molar-refractivity contribution in [3.63, 3.8) is 0 Å². The molecule has 0 saturated carbocycles. The van der Waals surface area contributed by atoms with Gasteiger partial charge in [-0.05, 0) is 60.8 Å². The first-order valence-corrected chi connectivity index (χ1v) is 7.55. The van der Waals surface area contributed by atoms with Crippen molar-refractivity contribution in [3.05, 3.63) is 41.3 Å². The summed E-state index contributed by atoms with van der Waals surface area (Å²) in [6.07, 6.45) is 4.65. The average Bonchev–Trinajstić information content (AvgIpc) is 2.86. The van der Waals surface area contributed by atoms with Gasteiger partial charge in [0.1, 0.15) is 0 Å². The van der Waals surface area contributed by atoms with Gasteiger partial charge in [0.25, 0.3) is 0 Å². The van der Waals surface area contributed by atoms with Crippen LogP contribution in [0.2, 0.25) is 0 Å². The van der Waals surface area contributed by atoms with E-state index in [9.17, 15) is 0 Å². The Bertz CT molecular complexity index is 525. The third kappa shape index (κ3) is 3.21. The van der Waals surface area contributed by atoms with Crippen molar-refractivity contribution < 1.29 is 0 Å². The van der Waals surface area contributed by atoms with E-state index in [1.807, 2.05) is 11.3 Å². The van der Waals surface area contributed by atoms with Gasteiger partial charge in [0, 0.05) is 4.70 Å². The first kappa shape index (κ1) is 13.3. The van der Waals surface area contributed by atoms with Crippen molar-refractivity contribution >= 4 is 27.0 Å². The fraction of sp³-hybridized carbons (Fsp3) is 0.375. The van der Waals surface area contributed by atoms with Crippen LogP contribution in [0.5, 0.6) is 0 Å². The molecule has 18 heavy (non-hydrogen) atoms. The van der Waals surface area contributed by atoms with Gasteiger partial charge in [-0.2, -0.15) is 0 Å². The normalized spacial score (nSPS) is 12.2. The molecule has 0 atom stereocenters. The Morgan fingerprint density at radius 3 is 3.00 bits per heavy atom. The third-order valence-corrected chi connectivity index (χ3v) is 4.07. The highest BCUT2D eigenvalue weighted by Crippen LogP contribution is 2.29. The van der Waals surface area contributed by atoms with Gasteiger partial charge in [0.2, 0.25) is 0 Å². The van der Waals surface area contributed by atoms with Crippen LogP contribution in [0.1, 0.15) is 32.3 Å². The summed E-state index contributed by atoms with van der Waals surface area (Å²) in [7, 11) is 0. The van der Waals surface area contributed by atoms with E-state index in [4.69, 9.17) is 0 Å². The molecule has 1 heterocycles. The van der Waals surface area contributed by atoms with Crippen molar-refractivity contribution in [1.29, 1.82) is 0 Å². The van der Waals surface area contributed by atoms with Crippen LogP contribution in [-0.4, -0.2) is 13.1 Å². The van der Waals surface area contributed by atoms with Gasteiger partial charge in [-0.3, -0.25) is 0 Å². The van der Waals surface area contributed by atoms with Gasteiger partial charge in [-0.25, -0.2) is 0 Å². The van der Waals surface area contributed by atoms with E-state index in [0.717, 1.165) is 19.5 Å². The van der Waals surface area contributed by atoms with E-state index >= 15 is 0 Å². The van der Waals surface area contributed by atoms with Crippen LogP contribution in [-0.2, 0) is 0 Å². The van der Waals surface area contributed by atoms with E-state index in [2.05, 4.69) is 54.9 Å². The maximum absolute atomic E-state index is 3.43. The largest absolute Gasteiger partial charge is 0.316 e. The summed E-state index contributed by atoms with van der Waals surface area (Å²) >= 11 is 1.83. The minimum absolute atomic E-state index is 1.07. The SMILES string of the molecule is CCCNCC/C=C(/C)c1cccc2ccsc12. The molecule has 0 amide bonds. The number of rotatable bonds is 6. The Morgan fingerprint density at radius 1 is 1.28 bits per heavy atom. The standard InChI is InChI=1S/C16H21NS/c1-3-10-17-11-5-6-13(2)15-8-4-7-14-9-12-18-16(14)15/h4,6-9,12,17H,3,5,10-11H2,1-2H3/b13-6-. The first-order chi connectivity index (χ1) is 8.83. The predicted octanol–water partition coefficient (Wildman–Crippen LogP) is 4.69. The number of thiophene rings is 1. The maximum Gasteiger partial charge on any atom is 0.0417 e. The van der Waals surface area contributed by atoms with Crippen molar-refractivity contribution in [3.8, 4) is 0 Å². The molecule has 2 aromatic rings. The molecule has 0 unspecified atom stereocenters. The summed E-state index contributed by atoms with van der Waals surface area (Å²) in [6.45, 7) is 6.61. The zero-order chi connectivity index (χ0) is 12.8. The summed E-state index contributed by atoms with van der Waals surface area (Å²) in [5.41, 5.74) is 2.78. The maximum atomic E-state index is 3.43. The predicted molar refractivity (Wildman–Crippen MR) is 83.3 cm³/mol. The molecule has 0 aliphatic carbocycles. The number of allylic oxidation sites excluding steroid dienone is 1. The highest BCUT2D eigenvalue weighted by atomic mass is 32.1. The molecule has 1 N–H and O–H groups in total. The quantitative estimate of drug-likeness (QED) is 0.742. The molecule has 0 bridgehead atoms. The van der Waals surface area contributed by atoms with Crippen LogP contribution in [0.15, 0.2) is 35.7 Å². The number of benzene rings is 1. The molecular formula is C16H21NS. The zero-order valence-corrected chi connectivity index (χ0v) is 12.0. The lowest BCUT2D eigenvalue weighted by atomic mass is 10.0. The minimum Gasteiger partial charge on any atom is -0.316 e. The van der Waals surface area contributed by atoms with Gasteiger partial charge in [-0.1, -0.05) is 31.2 Å². The second-order valence-electron chi connectivity index (χ2n) is 4.57. The van der Waals surface area contributed by atoms with Gasteiger partial charge < -0.3 is 5.32 Å². The molecule has 2 rings (SSSR count). The Kier molecular flexibility index (Phi) is 4.97. The van der Waals surface area contributed by atoms with E-state index in [1.54, 1.807) is 0 Å². The molecule has 1 aromatic carbocycles.